The molecule has 3 aliphatic rings. The van der Waals surface area contributed by atoms with E-state index in [1.54, 1.807) is 0 Å². The Morgan fingerprint density at radius 1 is 0.353 bits per heavy atom. The second-order valence-electron chi connectivity index (χ2n) is 18.5. The number of hydrogen-bond acceptors (Lipinski definition) is 1. The second kappa shape index (κ2) is 13.2. The maximum Gasteiger partial charge on any atom is 0.187 e. The number of hydrogen-bond donors (Lipinski definition) is 0. The van der Waals surface area contributed by atoms with Gasteiger partial charge < -0.3 is 9.13 Å². The molecule has 12 aromatic rings. The smallest absolute Gasteiger partial charge is 0.187 e. The van der Waals surface area contributed by atoms with Gasteiger partial charge in [0.05, 0.1) is 51.1 Å². The van der Waals surface area contributed by atoms with E-state index in [1.165, 1.54) is 88.3 Å². The predicted octanol–water partition coefficient (Wildman–Crippen LogP) is 15.3. The summed E-state index contributed by atoms with van der Waals surface area (Å²) in [4.78, 5) is 3.76. The first-order valence-electron chi connectivity index (χ1n) is 23.2. The lowest BCUT2D eigenvalue weighted by Gasteiger charge is -2.49. The summed E-state index contributed by atoms with van der Waals surface area (Å²) >= 11 is 0. The van der Waals surface area contributed by atoms with Crippen LogP contribution in [-0.2, 0) is 10.8 Å². The van der Waals surface area contributed by atoms with E-state index in [9.17, 15) is 5.26 Å². The van der Waals surface area contributed by atoms with Crippen LogP contribution in [0.5, 0.6) is 0 Å². The molecule has 0 saturated heterocycles. The highest BCUT2D eigenvalue weighted by Crippen LogP contribution is 2.68. The van der Waals surface area contributed by atoms with Gasteiger partial charge in [-0.15, -0.1) is 0 Å². The van der Waals surface area contributed by atoms with Gasteiger partial charge in [0.2, 0.25) is 0 Å². The van der Waals surface area contributed by atoms with Crippen LogP contribution in [0.1, 0.15) is 50.1 Å². The van der Waals surface area contributed by atoms with Crippen molar-refractivity contribution in [1.29, 1.82) is 5.26 Å². The summed E-state index contributed by atoms with van der Waals surface area (Å²) in [5.74, 6) is 0. The number of nitriles is 1. The zero-order chi connectivity index (χ0) is 44.9. The Kier molecular flexibility index (Phi) is 7.19. The average molecular weight is 861 g/mol. The standard InChI is InChI=1S/C64H36N4/c1-66-40-28-32-42(33-29-40)68-60-25-13-7-19-48(60)50-35-56-58(37-62(50)68)64(53-22-10-4-16-45(53)46-17-5-11-23-54(46)64)55-34-49-47-18-6-12-24-59(47)67(41-30-26-39(38-65)27-31-41)61(49)36-57(55)63(56)51-20-8-2-14-43(51)44-15-3-9-21-52(44)63/h2-37H. The van der Waals surface area contributed by atoms with Gasteiger partial charge in [0.15, 0.2) is 5.69 Å². The topological polar surface area (TPSA) is 38.0 Å². The average Bonchev–Trinajstić information content (AvgIpc) is 4.10. The molecule has 0 atom stereocenters. The summed E-state index contributed by atoms with van der Waals surface area (Å²) in [6.07, 6.45) is 0. The number of aromatic nitrogens is 2. The van der Waals surface area contributed by atoms with Gasteiger partial charge in [0.25, 0.3) is 0 Å². The fraction of sp³-hybridized carbons (Fsp3) is 0.0312. The first-order valence-corrected chi connectivity index (χ1v) is 23.2. The fourth-order valence-corrected chi connectivity index (χ4v) is 13.1. The van der Waals surface area contributed by atoms with Crippen molar-refractivity contribution in [3.8, 4) is 39.7 Å². The number of rotatable bonds is 2. The fourth-order valence-electron chi connectivity index (χ4n) is 13.1. The number of fused-ring (bicyclic) bond motifs is 22. The SMILES string of the molecule is [C-]#[N+]c1ccc(-n2c3ccccc3c3cc4c(cc32)C2(c3ccccc3-c3ccccc32)c2cc3c5ccccc5n(-c5ccc(C#N)cc5)c3cc2C42c3ccccc3-c3ccccc32)cc1. The van der Waals surface area contributed by atoms with Crippen LogP contribution in [0.2, 0.25) is 0 Å². The lowest BCUT2D eigenvalue weighted by Crippen LogP contribution is -2.44. The minimum Gasteiger partial charge on any atom is -0.309 e. The van der Waals surface area contributed by atoms with Crippen LogP contribution in [0.4, 0.5) is 5.69 Å². The molecule has 0 unspecified atom stereocenters. The molecule has 3 aliphatic carbocycles. The van der Waals surface area contributed by atoms with Crippen molar-refractivity contribution in [2.75, 3.05) is 0 Å². The van der Waals surface area contributed by atoms with Gasteiger partial charge in [-0.1, -0.05) is 146 Å². The highest BCUT2D eigenvalue weighted by molar-refractivity contribution is 6.13. The quantitative estimate of drug-likeness (QED) is 0.160. The van der Waals surface area contributed by atoms with E-state index < -0.39 is 10.8 Å². The van der Waals surface area contributed by atoms with Gasteiger partial charge in [-0.25, -0.2) is 4.85 Å². The minimum atomic E-state index is -0.732. The third kappa shape index (κ3) is 4.38. The molecule has 0 aliphatic heterocycles. The van der Waals surface area contributed by atoms with Gasteiger partial charge in [0.1, 0.15) is 0 Å². The van der Waals surface area contributed by atoms with Crippen molar-refractivity contribution in [3.05, 3.63) is 280 Å². The third-order valence-corrected chi connectivity index (χ3v) is 15.6. The van der Waals surface area contributed by atoms with Crippen LogP contribution in [0, 0.1) is 17.9 Å². The number of nitrogens with zero attached hydrogens (tertiary/aromatic N) is 4. The Bertz CT molecular complexity index is 3910. The van der Waals surface area contributed by atoms with E-state index in [2.05, 4.69) is 214 Å². The Balaban J connectivity index is 1.21. The summed E-state index contributed by atoms with van der Waals surface area (Å²) in [5.41, 5.74) is 21.5. The van der Waals surface area contributed by atoms with Crippen LogP contribution in [0.25, 0.3) is 82.1 Å². The Labute approximate surface area is 392 Å². The van der Waals surface area contributed by atoms with Gasteiger partial charge in [-0.3, -0.25) is 0 Å². The Morgan fingerprint density at radius 2 is 0.706 bits per heavy atom. The van der Waals surface area contributed by atoms with E-state index in [0.717, 1.165) is 33.4 Å². The minimum absolute atomic E-state index is 0.619. The molecular weight excluding hydrogens is 825 g/mol. The first kappa shape index (κ1) is 37.0. The molecule has 68 heavy (non-hydrogen) atoms. The summed E-state index contributed by atoms with van der Waals surface area (Å²) in [7, 11) is 0. The highest BCUT2D eigenvalue weighted by atomic mass is 15.0. The maximum absolute atomic E-state index is 9.87. The molecule has 2 spiro atoms. The number of para-hydroxylation sites is 2. The van der Waals surface area contributed by atoms with Crippen LogP contribution in [0.15, 0.2) is 218 Å². The summed E-state index contributed by atoms with van der Waals surface area (Å²) in [5, 5.41) is 14.6. The molecule has 4 heteroatoms. The largest absolute Gasteiger partial charge is 0.309 e. The summed E-state index contributed by atoms with van der Waals surface area (Å²) in [6, 6.07) is 82.6. The first-order chi connectivity index (χ1) is 33.6. The van der Waals surface area contributed by atoms with Crippen molar-refractivity contribution in [3.63, 3.8) is 0 Å². The van der Waals surface area contributed by atoms with E-state index >= 15 is 0 Å². The van der Waals surface area contributed by atoms with Crippen LogP contribution >= 0.6 is 0 Å². The van der Waals surface area contributed by atoms with Crippen molar-refractivity contribution in [2.45, 2.75) is 10.8 Å². The van der Waals surface area contributed by atoms with E-state index in [0.29, 0.717) is 11.3 Å². The van der Waals surface area contributed by atoms with Crippen LogP contribution in [0.3, 0.4) is 0 Å². The molecule has 10 aromatic carbocycles. The number of benzene rings is 10. The van der Waals surface area contributed by atoms with Gasteiger partial charge >= 0.3 is 0 Å². The molecule has 0 fully saturated rings. The lowest BCUT2D eigenvalue weighted by atomic mass is 9.52. The third-order valence-electron chi connectivity index (χ3n) is 15.6. The van der Waals surface area contributed by atoms with Gasteiger partial charge in [-0.05, 0) is 140 Å². The molecular formula is C64H36N4. The maximum atomic E-state index is 9.87. The van der Waals surface area contributed by atoms with Crippen molar-refractivity contribution in [1.82, 2.24) is 9.13 Å². The van der Waals surface area contributed by atoms with Gasteiger partial charge in [0, 0.05) is 32.9 Å². The van der Waals surface area contributed by atoms with Gasteiger partial charge in [-0.2, -0.15) is 5.26 Å². The van der Waals surface area contributed by atoms with Crippen LogP contribution in [-0.4, -0.2) is 9.13 Å². The predicted molar refractivity (Wildman–Crippen MR) is 274 cm³/mol. The normalized spacial score (nSPS) is 14.1. The Morgan fingerprint density at radius 3 is 1.10 bits per heavy atom. The molecule has 0 amide bonds. The van der Waals surface area contributed by atoms with Crippen molar-refractivity contribution in [2.24, 2.45) is 0 Å². The van der Waals surface area contributed by atoms with Crippen LogP contribution < -0.4 is 0 Å². The Hall–Kier alpha value is -9.22. The molecule has 2 heterocycles. The molecule has 4 nitrogen and oxygen atoms in total. The molecule has 0 saturated carbocycles. The molecule has 0 radical (unpaired) electrons. The molecule has 2 aromatic heterocycles. The van der Waals surface area contributed by atoms with Crippen molar-refractivity contribution >= 4 is 49.3 Å². The highest BCUT2D eigenvalue weighted by Gasteiger charge is 2.59. The second-order valence-corrected chi connectivity index (χ2v) is 18.5. The van der Waals surface area contributed by atoms with E-state index in [1.807, 2.05) is 24.3 Å². The van der Waals surface area contributed by atoms with Crippen molar-refractivity contribution < 1.29 is 0 Å². The lowest BCUT2D eigenvalue weighted by molar-refractivity contribution is 0.635. The summed E-state index contributed by atoms with van der Waals surface area (Å²) in [6.45, 7) is 7.77. The zero-order valence-corrected chi connectivity index (χ0v) is 36.6. The summed E-state index contributed by atoms with van der Waals surface area (Å²) < 4.78 is 4.81. The molecule has 15 rings (SSSR count). The molecule has 0 N–H and O–H groups in total. The van der Waals surface area contributed by atoms with E-state index in [-0.39, 0.29) is 0 Å². The monoisotopic (exact) mass is 860 g/mol. The van der Waals surface area contributed by atoms with E-state index in [4.69, 9.17) is 6.57 Å². The molecule has 0 bridgehead atoms. The zero-order valence-electron chi connectivity index (χ0n) is 36.6. The molecule has 312 valence electrons.